The second-order valence-corrected chi connectivity index (χ2v) is 7.50. The van der Waals surface area contributed by atoms with Crippen LogP contribution < -0.4 is 9.64 Å². The molecule has 1 aliphatic heterocycles. The van der Waals surface area contributed by atoms with Crippen molar-refractivity contribution in [1.29, 1.82) is 0 Å². The van der Waals surface area contributed by atoms with Gasteiger partial charge < -0.3 is 19.0 Å². The highest BCUT2D eigenvalue weighted by Gasteiger charge is 2.23. The summed E-state index contributed by atoms with van der Waals surface area (Å²) in [6.45, 7) is 4.53. The van der Waals surface area contributed by atoms with Crippen LogP contribution in [0.25, 0.3) is 0 Å². The molecule has 0 radical (unpaired) electrons. The van der Waals surface area contributed by atoms with Crippen LogP contribution in [0.2, 0.25) is 0 Å². The molecule has 0 bridgehead atoms. The normalized spacial score (nSPS) is 14.4. The van der Waals surface area contributed by atoms with Gasteiger partial charge in [0.1, 0.15) is 5.76 Å². The van der Waals surface area contributed by atoms with Gasteiger partial charge >= 0.3 is 0 Å². The van der Waals surface area contributed by atoms with Crippen LogP contribution in [0.15, 0.2) is 65.5 Å². The zero-order valence-corrected chi connectivity index (χ0v) is 17.7. The molecule has 1 aromatic carbocycles. The number of nitrogens with zero attached hydrogens (tertiary/aromatic N) is 5. The van der Waals surface area contributed by atoms with Gasteiger partial charge in [-0.3, -0.25) is 14.7 Å². The predicted octanol–water partition coefficient (Wildman–Crippen LogP) is 2.43. The number of hydrogen-bond acceptors (Lipinski definition) is 7. The molecule has 3 heterocycles. The van der Waals surface area contributed by atoms with Gasteiger partial charge in [-0.05, 0) is 17.7 Å². The quantitative estimate of drug-likeness (QED) is 0.553. The SMILES string of the molecule is COc1cncc(N2CCN(CC(=O)N(Cc3ccccc3)Cc3ccco3)CC2)n1. The van der Waals surface area contributed by atoms with E-state index < -0.39 is 0 Å². The largest absolute Gasteiger partial charge is 0.480 e. The van der Waals surface area contributed by atoms with Crippen LogP contribution in [-0.2, 0) is 17.9 Å². The van der Waals surface area contributed by atoms with Crippen LogP contribution in [0.4, 0.5) is 5.82 Å². The summed E-state index contributed by atoms with van der Waals surface area (Å²) in [4.78, 5) is 28.0. The summed E-state index contributed by atoms with van der Waals surface area (Å²) >= 11 is 0. The van der Waals surface area contributed by atoms with Gasteiger partial charge in [0, 0.05) is 32.7 Å². The summed E-state index contributed by atoms with van der Waals surface area (Å²) < 4.78 is 10.7. The Labute approximate surface area is 182 Å². The fourth-order valence-electron chi connectivity index (χ4n) is 3.64. The molecule has 1 fully saturated rings. The van der Waals surface area contributed by atoms with Crippen LogP contribution in [-0.4, -0.2) is 65.5 Å². The molecule has 0 saturated carbocycles. The monoisotopic (exact) mass is 421 g/mol. The minimum atomic E-state index is 0.0925. The van der Waals surface area contributed by atoms with Crippen LogP contribution >= 0.6 is 0 Å². The molecule has 162 valence electrons. The minimum absolute atomic E-state index is 0.0925. The first-order valence-corrected chi connectivity index (χ1v) is 10.4. The number of carbonyl (C=O) groups is 1. The minimum Gasteiger partial charge on any atom is -0.480 e. The maximum atomic E-state index is 13.2. The highest BCUT2D eigenvalue weighted by molar-refractivity contribution is 5.78. The lowest BCUT2D eigenvalue weighted by atomic mass is 10.2. The first kappa shape index (κ1) is 20.9. The maximum Gasteiger partial charge on any atom is 0.237 e. The van der Waals surface area contributed by atoms with Crippen LogP contribution in [0.5, 0.6) is 5.88 Å². The summed E-state index contributed by atoms with van der Waals surface area (Å²) in [7, 11) is 1.58. The molecule has 31 heavy (non-hydrogen) atoms. The number of methoxy groups -OCH3 is 1. The van der Waals surface area contributed by atoms with Gasteiger partial charge in [-0.25, -0.2) is 0 Å². The Bertz CT molecular complexity index is 956. The predicted molar refractivity (Wildman–Crippen MR) is 117 cm³/mol. The number of ether oxygens (including phenoxy) is 1. The van der Waals surface area contributed by atoms with Crippen molar-refractivity contribution in [3.8, 4) is 5.88 Å². The zero-order valence-electron chi connectivity index (χ0n) is 17.7. The first-order chi connectivity index (χ1) is 15.2. The lowest BCUT2D eigenvalue weighted by Gasteiger charge is -2.35. The third-order valence-electron chi connectivity index (χ3n) is 5.36. The number of aromatic nitrogens is 2. The van der Waals surface area contributed by atoms with Gasteiger partial charge in [-0.15, -0.1) is 0 Å². The standard InChI is InChI=1S/C23H27N5O3/c1-30-22-15-24-14-21(25-22)27-11-9-26(10-12-27)18-23(29)28(17-20-8-5-13-31-20)16-19-6-3-2-4-7-19/h2-8,13-15H,9-12,16-18H2,1H3. The third kappa shape index (κ3) is 5.61. The number of amides is 1. The summed E-state index contributed by atoms with van der Waals surface area (Å²) in [5.74, 6) is 2.18. The number of hydrogen-bond donors (Lipinski definition) is 0. The van der Waals surface area contributed by atoms with Crippen molar-refractivity contribution in [2.45, 2.75) is 13.1 Å². The molecule has 8 heteroatoms. The van der Waals surface area contributed by atoms with Crippen molar-refractivity contribution in [3.63, 3.8) is 0 Å². The maximum absolute atomic E-state index is 13.2. The van der Waals surface area contributed by atoms with Crippen molar-refractivity contribution < 1.29 is 13.9 Å². The van der Waals surface area contributed by atoms with E-state index in [1.54, 1.807) is 25.8 Å². The summed E-state index contributed by atoms with van der Waals surface area (Å²) in [5, 5.41) is 0. The fraction of sp³-hybridized carbons (Fsp3) is 0.348. The number of benzene rings is 1. The average molecular weight is 422 g/mol. The Morgan fingerprint density at radius 1 is 1.06 bits per heavy atom. The van der Waals surface area contributed by atoms with Crippen molar-refractivity contribution in [1.82, 2.24) is 19.8 Å². The van der Waals surface area contributed by atoms with E-state index in [0.29, 0.717) is 25.5 Å². The van der Waals surface area contributed by atoms with Gasteiger partial charge in [0.25, 0.3) is 0 Å². The number of anilines is 1. The van der Waals surface area contributed by atoms with E-state index in [4.69, 9.17) is 9.15 Å². The second kappa shape index (κ2) is 10.1. The number of rotatable bonds is 8. The van der Waals surface area contributed by atoms with Crippen molar-refractivity contribution in [2.75, 3.05) is 44.7 Å². The molecule has 0 unspecified atom stereocenters. The summed E-state index contributed by atoms with van der Waals surface area (Å²) in [6, 6.07) is 13.8. The third-order valence-corrected chi connectivity index (χ3v) is 5.36. The van der Waals surface area contributed by atoms with E-state index in [2.05, 4.69) is 19.8 Å². The Kier molecular flexibility index (Phi) is 6.78. The zero-order chi connectivity index (χ0) is 21.5. The van der Waals surface area contributed by atoms with Gasteiger partial charge in [0.2, 0.25) is 11.8 Å². The van der Waals surface area contributed by atoms with Crippen LogP contribution in [0.1, 0.15) is 11.3 Å². The van der Waals surface area contributed by atoms with Crippen LogP contribution in [0, 0.1) is 0 Å². The fourth-order valence-corrected chi connectivity index (χ4v) is 3.64. The topological polar surface area (TPSA) is 74.9 Å². The molecule has 4 rings (SSSR count). The Morgan fingerprint density at radius 2 is 1.87 bits per heavy atom. The Morgan fingerprint density at radius 3 is 2.58 bits per heavy atom. The number of furan rings is 1. The molecule has 0 aliphatic carbocycles. The van der Waals surface area contributed by atoms with Gasteiger partial charge in [-0.1, -0.05) is 30.3 Å². The lowest BCUT2D eigenvalue weighted by Crippen LogP contribution is -2.50. The van der Waals surface area contributed by atoms with E-state index in [0.717, 1.165) is 43.3 Å². The van der Waals surface area contributed by atoms with Gasteiger partial charge in [0.15, 0.2) is 5.82 Å². The van der Waals surface area contributed by atoms with E-state index in [-0.39, 0.29) is 5.91 Å². The summed E-state index contributed by atoms with van der Waals surface area (Å²) in [6.07, 6.45) is 4.98. The average Bonchev–Trinajstić information content (AvgIpc) is 3.33. The highest BCUT2D eigenvalue weighted by atomic mass is 16.5. The molecule has 0 atom stereocenters. The summed E-state index contributed by atoms with van der Waals surface area (Å²) in [5.41, 5.74) is 1.10. The van der Waals surface area contributed by atoms with Crippen LogP contribution in [0.3, 0.4) is 0 Å². The van der Waals surface area contributed by atoms with Gasteiger partial charge in [0.05, 0.1) is 38.9 Å². The second-order valence-electron chi connectivity index (χ2n) is 7.50. The molecular weight excluding hydrogens is 394 g/mol. The van der Waals surface area contributed by atoms with E-state index in [1.165, 1.54) is 0 Å². The molecule has 1 aliphatic rings. The molecule has 3 aromatic rings. The lowest BCUT2D eigenvalue weighted by molar-refractivity contribution is -0.134. The number of carbonyl (C=O) groups excluding carboxylic acids is 1. The Hall–Kier alpha value is -3.39. The van der Waals surface area contributed by atoms with Crippen molar-refractivity contribution in [2.24, 2.45) is 0 Å². The van der Waals surface area contributed by atoms with E-state index in [9.17, 15) is 4.79 Å². The molecule has 0 N–H and O–H groups in total. The first-order valence-electron chi connectivity index (χ1n) is 10.4. The highest BCUT2D eigenvalue weighted by Crippen LogP contribution is 2.17. The molecule has 0 spiro atoms. The smallest absolute Gasteiger partial charge is 0.237 e. The number of piperazine rings is 1. The molecule has 8 nitrogen and oxygen atoms in total. The van der Waals surface area contributed by atoms with Gasteiger partial charge in [-0.2, -0.15) is 4.98 Å². The van der Waals surface area contributed by atoms with Crippen molar-refractivity contribution in [3.05, 3.63) is 72.4 Å². The molecule has 2 aromatic heterocycles. The van der Waals surface area contributed by atoms with E-state index >= 15 is 0 Å². The molecule has 1 amide bonds. The molecular formula is C23H27N5O3. The molecule has 1 saturated heterocycles. The van der Waals surface area contributed by atoms with Crippen molar-refractivity contribution >= 4 is 11.7 Å². The Balaban J connectivity index is 1.36. The van der Waals surface area contributed by atoms with E-state index in [1.807, 2.05) is 47.4 Å².